The van der Waals surface area contributed by atoms with Gasteiger partial charge in [0.05, 0.1) is 19.5 Å². The zero-order valence-electron chi connectivity index (χ0n) is 10.1. The molecular formula is C11H11ClFN5O. The number of methoxy groups -OCH3 is 1. The average Bonchev–Trinajstić information content (AvgIpc) is 2.40. The van der Waals surface area contributed by atoms with Crippen molar-refractivity contribution in [1.82, 2.24) is 19.9 Å². The lowest BCUT2D eigenvalue weighted by Gasteiger charge is -2.06. The van der Waals surface area contributed by atoms with Crippen molar-refractivity contribution in [1.29, 1.82) is 0 Å². The predicted molar refractivity (Wildman–Crippen MR) is 67.8 cm³/mol. The molecule has 1 N–H and O–H groups in total. The van der Waals surface area contributed by atoms with Gasteiger partial charge in [0.25, 0.3) is 0 Å². The molecule has 8 heteroatoms. The molecule has 2 heterocycles. The first-order chi connectivity index (χ1) is 9.17. The van der Waals surface area contributed by atoms with E-state index in [1.54, 1.807) is 0 Å². The summed E-state index contributed by atoms with van der Waals surface area (Å²) in [6, 6.07) is 1.51. The van der Waals surface area contributed by atoms with Crippen LogP contribution in [-0.2, 0) is 6.42 Å². The third kappa shape index (κ3) is 3.99. The number of halogens is 2. The van der Waals surface area contributed by atoms with Gasteiger partial charge < -0.3 is 10.1 Å². The fourth-order valence-electron chi connectivity index (χ4n) is 1.33. The van der Waals surface area contributed by atoms with Crippen molar-refractivity contribution in [2.24, 2.45) is 0 Å². The monoisotopic (exact) mass is 283 g/mol. The summed E-state index contributed by atoms with van der Waals surface area (Å²) >= 11 is 5.80. The molecule has 0 saturated carbocycles. The normalized spacial score (nSPS) is 10.3. The second-order valence-electron chi connectivity index (χ2n) is 3.55. The zero-order valence-corrected chi connectivity index (χ0v) is 10.9. The predicted octanol–water partition coefficient (Wildman–Crippen LogP) is 1.72. The first-order valence-corrected chi connectivity index (χ1v) is 5.84. The standard InChI is InChI=1S/C11H11ClFN5O/c1-19-10-4-8(12)17-11(18-10)14-3-2-9-15-5-7(13)6-16-9/h4-6H,2-3H2,1H3,(H,14,17,18). The van der Waals surface area contributed by atoms with Gasteiger partial charge in [-0.3, -0.25) is 0 Å². The van der Waals surface area contributed by atoms with Gasteiger partial charge in [0.15, 0.2) is 5.82 Å². The van der Waals surface area contributed by atoms with Crippen LogP contribution in [-0.4, -0.2) is 33.6 Å². The molecule has 2 rings (SSSR count). The Hall–Kier alpha value is -2.02. The first-order valence-electron chi connectivity index (χ1n) is 5.46. The van der Waals surface area contributed by atoms with Crippen molar-refractivity contribution in [3.05, 3.63) is 35.3 Å². The summed E-state index contributed by atoms with van der Waals surface area (Å²) in [7, 11) is 1.49. The van der Waals surface area contributed by atoms with Crippen LogP contribution in [0.15, 0.2) is 18.5 Å². The number of ether oxygens (including phenoxy) is 1. The topological polar surface area (TPSA) is 72.8 Å². The van der Waals surface area contributed by atoms with Gasteiger partial charge in [0, 0.05) is 19.0 Å². The number of hydrogen-bond acceptors (Lipinski definition) is 6. The Labute approximate surface area is 114 Å². The molecular weight excluding hydrogens is 273 g/mol. The summed E-state index contributed by atoms with van der Waals surface area (Å²) in [6.07, 6.45) is 2.76. The molecule has 100 valence electrons. The largest absolute Gasteiger partial charge is 0.481 e. The Morgan fingerprint density at radius 2 is 2.05 bits per heavy atom. The van der Waals surface area contributed by atoms with Crippen molar-refractivity contribution >= 4 is 17.5 Å². The molecule has 0 fully saturated rings. The molecule has 2 aromatic heterocycles. The van der Waals surface area contributed by atoms with E-state index < -0.39 is 5.82 Å². The van der Waals surface area contributed by atoms with E-state index in [4.69, 9.17) is 16.3 Å². The van der Waals surface area contributed by atoms with Crippen LogP contribution in [0.4, 0.5) is 10.3 Å². The van der Waals surface area contributed by atoms with Gasteiger partial charge in [-0.05, 0) is 0 Å². The van der Waals surface area contributed by atoms with Crippen molar-refractivity contribution in [3.8, 4) is 5.88 Å². The maximum atomic E-state index is 12.6. The van der Waals surface area contributed by atoms with E-state index in [0.29, 0.717) is 30.6 Å². The minimum atomic E-state index is -0.459. The van der Waals surface area contributed by atoms with Crippen LogP contribution >= 0.6 is 11.6 Å². The van der Waals surface area contributed by atoms with Crippen LogP contribution in [0.5, 0.6) is 5.88 Å². The van der Waals surface area contributed by atoms with E-state index in [-0.39, 0.29) is 5.15 Å². The van der Waals surface area contributed by atoms with Crippen LogP contribution in [0.1, 0.15) is 5.82 Å². The van der Waals surface area contributed by atoms with E-state index in [1.807, 2.05) is 0 Å². The van der Waals surface area contributed by atoms with Crippen molar-refractivity contribution in [3.63, 3.8) is 0 Å². The summed E-state index contributed by atoms with van der Waals surface area (Å²) < 4.78 is 17.6. The Balaban J connectivity index is 1.92. The number of nitrogens with zero attached hydrogens (tertiary/aromatic N) is 4. The number of nitrogens with one attached hydrogen (secondary N) is 1. The molecule has 0 aliphatic heterocycles. The fraction of sp³-hybridized carbons (Fsp3) is 0.273. The van der Waals surface area contributed by atoms with Crippen molar-refractivity contribution in [2.75, 3.05) is 19.0 Å². The lowest BCUT2D eigenvalue weighted by molar-refractivity contribution is 0.397. The number of aromatic nitrogens is 4. The van der Waals surface area contributed by atoms with Crippen LogP contribution in [0, 0.1) is 5.82 Å². The van der Waals surface area contributed by atoms with E-state index in [2.05, 4.69) is 25.3 Å². The first kappa shape index (κ1) is 13.4. The quantitative estimate of drug-likeness (QED) is 0.843. The summed E-state index contributed by atoms with van der Waals surface area (Å²) in [5.41, 5.74) is 0. The summed E-state index contributed by atoms with van der Waals surface area (Å²) in [5.74, 6) is 0.800. The lowest BCUT2D eigenvalue weighted by atomic mass is 10.4. The van der Waals surface area contributed by atoms with Crippen LogP contribution in [0.25, 0.3) is 0 Å². The smallest absolute Gasteiger partial charge is 0.227 e. The van der Waals surface area contributed by atoms with Crippen molar-refractivity contribution in [2.45, 2.75) is 6.42 Å². The third-order valence-electron chi connectivity index (χ3n) is 2.19. The molecule has 6 nitrogen and oxygen atoms in total. The third-order valence-corrected chi connectivity index (χ3v) is 2.38. The summed E-state index contributed by atoms with van der Waals surface area (Å²) in [4.78, 5) is 15.7. The van der Waals surface area contributed by atoms with Crippen LogP contribution in [0.3, 0.4) is 0 Å². The second-order valence-corrected chi connectivity index (χ2v) is 3.94. The molecule has 0 spiro atoms. The van der Waals surface area contributed by atoms with Gasteiger partial charge in [-0.25, -0.2) is 19.3 Å². The maximum absolute atomic E-state index is 12.6. The average molecular weight is 284 g/mol. The zero-order chi connectivity index (χ0) is 13.7. The Morgan fingerprint density at radius 3 is 2.74 bits per heavy atom. The van der Waals surface area contributed by atoms with E-state index >= 15 is 0 Å². The summed E-state index contributed by atoms with van der Waals surface area (Å²) in [5, 5.41) is 3.25. The van der Waals surface area contributed by atoms with Gasteiger partial charge in [0.2, 0.25) is 11.8 Å². The van der Waals surface area contributed by atoms with E-state index in [9.17, 15) is 4.39 Å². The molecule has 2 aromatic rings. The van der Waals surface area contributed by atoms with Crippen molar-refractivity contribution < 1.29 is 9.13 Å². The molecule has 0 aliphatic rings. The molecule has 0 amide bonds. The Morgan fingerprint density at radius 1 is 1.32 bits per heavy atom. The van der Waals surface area contributed by atoms with E-state index in [0.717, 1.165) is 12.4 Å². The molecule has 0 unspecified atom stereocenters. The highest BCUT2D eigenvalue weighted by atomic mass is 35.5. The molecule has 0 radical (unpaired) electrons. The molecule has 0 saturated heterocycles. The highest BCUT2D eigenvalue weighted by Crippen LogP contribution is 2.15. The van der Waals surface area contributed by atoms with Gasteiger partial charge >= 0.3 is 0 Å². The van der Waals surface area contributed by atoms with Gasteiger partial charge in [-0.15, -0.1) is 0 Å². The Kier molecular flexibility index (Phi) is 4.40. The molecule has 0 aliphatic carbocycles. The maximum Gasteiger partial charge on any atom is 0.227 e. The highest BCUT2D eigenvalue weighted by Gasteiger charge is 2.03. The van der Waals surface area contributed by atoms with Gasteiger partial charge in [0.1, 0.15) is 11.0 Å². The fourth-order valence-corrected chi connectivity index (χ4v) is 1.51. The second kappa shape index (κ2) is 6.24. The number of hydrogen-bond donors (Lipinski definition) is 1. The van der Waals surface area contributed by atoms with E-state index in [1.165, 1.54) is 13.2 Å². The number of anilines is 1. The molecule has 19 heavy (non-hydrogen) atoms. The molecule has 0 bridgehead atoms. The molecule has 0 atom stereocenters. The molecule has 0 aromatic carbocycles. The number of rotatable bonds is 5. The minimum absolute atomic E-state index is 0.285. The van der Waals surface area contributed by atoms with Gasteiger partial charge in [-0.2, -0.15) is 4.98 Å². The van der Waals surface area contributed by atoms with Gasteiger partial charge in [-0.1, -0.05) is 11.6 Å². The SMILES string of the molecule is COc1cc(Cl)nc(NCCc2ncc(F)cn2)n1. The minimum Gasteiger partial charge on any atom is -0.481 e. The lowest BCUT2D eigenvalue weighted by Crippen LogP contribution is -2.10. The van der Waals surface area contributed by atoms with Crippen LogP contribution in [0.2, 0.25) is 5.15 Å². The Bertz CT molecular complexity index is 551. The summed E-state index contributed by atoms with van der Waals surface area (Å²) in [6.45, 7) is 0.495. The van der Waals surface area contributed by atoms with Crippen LogP contribution < -0.4 is 10.1 Å². The highest BCUT2D eigenvalue weighted by molar-refractivity contribution is 6.29.